The summed E-state index contributed by atoms with van der Waals surface area (Å²) >= 11 is 0. The van der Waals surface area contributed by atoms with E-state index in [4.69, 9.17) is 15.9 Å². The maximum absolute atomic E-state index is 13.0. The molecule has 122 valence electrons. The number of nitrogens with two attached hydrogens (primary N) is 1. The van der Waals surface area contributed by atoms with Crippen molar-refractivity contribution in [3.05, 3.63) is 54.3 Å². The Hall–Kier alpha value is -2.61. The first-order valence-electron chi connectivity index (χ1n) is 6.60. The Balaban J connectivity index is 2.52. The zero-order chi connectivity index (χ0) is 17.0. The van der Waals surface area contributed by atoms with Crippen LogP contribution in [0.25, 0.3) is 0 Å². The fraction of sp³-hybridized carbons (Fsp3) is 0.133. The quantitative estimate of drug-likeness (QED) is 0.622. The van der Waals surface area contributed by atoms with Crippen molar-refractivity contribution >= 4 is 21.5 Å². The normalized spacial score (nSPS) is 11.0. The lowest BCUT2D eigenvalue weighted by atomic mass is 10.3. The van der Waals surface area contributed by atoms with Crippen LogP contribution in [-0.2, 0) is 10.0 Å². The van der Waals surface area contributed by atoms with Crippen molar-refractivity contribution in [2.75, 3.05) is 18.0 Å². The average molecular weight is 337 g/mol. The molecule has 0 heterocycles. The molecule has 2 aromatic carbocycles. The maximum Gasteiger partial charge on any atom is 0.264 e. The van der Waals surface area contributed by atoms with E-state index in [1.165, 1.54) is 13.2 Å². The second-order valence-electron chi connectivity index (χ2n) is 4.69. The van der Waals surface area contributed by atoms with Crippen molar-refractivity contribution in [3.63, 3.8) is 0 Å². The van der Waals surface area contributed by atoms with Crippen LogP contribution in [0.2, 0.25) is 0 Å². The predicted octanol–water partition coefficient (Wildman–Crippen LogP) is 1.97. The zero-order valence-corrected chi connectivity index (χ0v) is 13.2. The monoisotopic (exact) mass is 337 g/mol. The number of nitrogens with zero attached hydrogens (tertiary/aromatic N) is 1. The van der Waals surface area contributed by atoms with Crippen LogP contribution in [-0.4, -0.2) is 27.9 Å². The van der Waals surface area contributed by atoms with Gasteiger partial charge in [-0.1, -0.05) is 6.07 Å². The molecule has 2 aromatic rings. The highest BCUT2D eigenvalue weighted by atomic mass is 32.2. The average Bonchev–Trinajstić information content (AvgIpc) is 2.52. The van der Waals surface area contributed by atoms with E-state index < -0.39 is 15.8 Å². The van der Waals surface area contributed by atoms with Crippen LogP contribution in [0.1, 0.15) is 0 Å². The lowest BCUT2D eigenvalue weighted by molar-refractivity contribution is 0.415. The van der Waals surface area contributed by atoms with E-state index in [0.29, 0.717) is 11.4 Å². The molecule has 0 aliphatic carbocycles. The smallest absolute Gasteiger partial charge is 0.264 e. The number of ether oxygens (including phenoxy) is 1. The summed E-state index contributed by atoms with van der Waals surface area (Å²) in [5.41, 5.74) is 5.68. The first kappa shape index (κ1) is 16.8. The predicted molar refractivity (Wildman–Crippen MR) is 85.8 cm³/mol. The molecule has 0 spiro atoms. The second-order valence-corrected chi connectivity index (χ2v) is 6.55. The van der Waals surface area contributed by atoms with E-state index in [2.05, 4.69) is 0 Å². The van der Waals surface area contributed by atoms with Crippen molar-refractivity contribution < 1.29 is 17.5 Å². The van der Waals surface area contributed by atoms with Crippen LogP contribution in [0.15, 0.2) is 53.4 Å². The van der Waals surface area contributed by atoms with Gasteiger partial charge in [-0.15, -0.1) is 0 Å². The van der Waals surface area contributed by atoms with Crippen LogP contribution in [0.5, 0.6) is 5.75 Å². The molecule has 0 unspecified atom stereocenters. The molecule has 8 heteroatoms. The van der Waals surface area contributed by atoms with Crippen LogP contribution in [0.4, 0.5) is 10.1 Å². The Morgan fingerprint density at radius 3 is 2.48 bits per heavy atom. The van der Waals surface area contributed by atoms with Crippen molar-refractivity contribution in [3.8, 4) is 5.75 Å². The van der Waals surface area contributed by atoms with E-state index in [1.54, 1.807) is 18.2 Å². The van der Waals surface area contributed by atoms with Crippen molar-refractivity contribution in [2.24, 2.45) is 5.73 Å². The van der Waals surface area contributed by atoms with Gasteiger partial charge in [0, 0.05) is 6.07 Å². The lowest BCUT2D eigenvalue weighted by Crippen LogP contribution is -2.38. The summed E-state index contributed by atoms with van der Waals surface area (Å²) in [7, 11) is -2.54. The summed E-state index contributed by atoms with van der Waals surface area (Å²) < 4.78 is 44.7. The molecule has 3 N–H and O–H groups in total. The van der Waals surface area contributed by atoms with Gasteiger partial charge in [0.1, 0.15) is 17.4 Å². The van der Waals surface area contributed by atoms with Gasteiger partial charge in [0.25, 0.3) is 10.0 Å². The van der Waals surface area contributed by atoms with Gasteiger partial charge in [-0.25, -0.2) is 12.8 Å². The fourth-order valence-electron chi connectivity index (χ4n) is 1.97. The van der Waals surface area contributed by atoms with Crippen molar-refractivity contribution in [2.45, 2.75) is 4.90 Å². The minimum Gasteiger partial charge on any atom is -0.497 e. The molecule has 2 rings (SSSR count). The van der Waals surface area contributed by atoms with Gasteiger partial charge in [-0.3, -0.25) is 9.71 Å². The molecule has 0 bridgehead atoms. The van der Waals surface area contributed by atoms with Gasteiger partial charge < -0.3 is 10.5 Å². The Morgan fingerprint density at radius 1 is 1.26 bits per heavy atom. The molecule has 0 aliphatic heterocycles. The molecular formula is C15H16FN3O3S. The first-order chi connectivity index (χ1) is 10.8. The standard InChI is InChI=1S/C15H16FN3O3S/c1-22-13-4-2-3-12(9-13)19(10-15(17)18)23(20,21)14-7-5-11(16)6-8-14/h2-9H,10H2,1H3,(H3,17,18). The molecule has 23 heavy (non-hydrogen) atoms. The number of sulfonamides is 1. The molecule has 6 nitrogen and oxygen atoms in total. The number of hydrogen-bond donors (Lipinski definition) is 2. The topological polar surface area (TPSA) is 96.5 Å². The number of nitrogens with one attached hydrogen (secondary N) is 1. The molecule has 0 saturated heterocycles. The van der Waals surface area contributed by atoms with E-state index in [9.17, 15) is 12.8 Å². The summed E-state index contributed by atoms with van der Waals surface area (Å²) in [6.45, 7) is -0.327. The highest BCUT2D eigenvalue weighted by Gasteiger charge is 2.26. The third kappa shape index (κ3) is 3.78. The summed E-state index contributed by atoms with van der Waals surface area (Å²) in [4.78, 5) is -0.0945. The van der Waals surface area contributed by atoms with Crippen LogP contribution >= 0.6 is 0 Å². The Bertz CT molecular complexity index is 807. The second kappa shape index (κ2) is 6.66. The SMILES string of the molecule is COc1cccc(N(CC(=N)N)S(=O)(=O)c2ccc(F)cc2)c1. The Kier molecular flexibility index (Phi) is 4.85. The zero-order valence-electron chi connectivity index (χ0n) is 12.4. The molecule has 0 saturated carbocycles. The largest absolute Gasteiger partial charge is 0.497 e. The highest BCUT2D eigenvalue weighted by molar-refractivity contribution is 7.92. The first-order valence-corrected chi connectivity index (χ1v) is 8.04. The van der Waals surface area contributed by atoms with E-state index in [1.807, 2.05) is 0 Å². The Labute approximate surface area is 133 Å². The summed E-state index contributed by atoms with van der Waals surface area (Å²) in [5.74, 6) is -0.396. The minimum atomic E-state index is -4.00. The van der Waals surface area contributed by atoms with Gasteiger partial charge in [-0.2, -0.15) is 0 Å². The number of hydrogen-bond acceptors (Lipinski definition) is 4. The van der Waals surface area contributed by atoms with Gasteiger partial charge in [0.15, 0.2) is 0 Å². The number of amidine groups is 1. The summed E-state index contributed by atoms with van der Waals surface area (Å²) in [5, 5.41) is 7.43. The fourth-order valence-corrected chi connectivity index (χ4v) is 3.40. The molecule has 0 fully saturated rings. The summed E-state index contributed by atoms with van der Waals surface area (Å²) in [6, 6.07) is 10.8. The number of benzene rings is 2. The van der Waals surface area contributed by atoms with Crippen molar-refractivity contribution in [1.29, 1.82) is 5.41 Å². The third-order valence-electron chi connectivity index (χ3n) is 3.06. The van der Waals surface area contributed by atoms with Crippen LogP contribution < -0.4 is 14.8 Å². The molecule has 0 atom stereocenters. The van der Waals surface area contributed by atoms with Gasteiger partial charge in [-0.05, 0) is 36.4 Å². The number of halogens is 1. The maximum atomic E-state index is 13.0. The number of methoxy groups -OCH3 is 1. The van der Waals surface area contributed by atoms with Gasteiger partial charge in [0.05, 0.1) is 24.2 Å². The van der Waals surface area contributed by atoms with Gasteiger partial charge in [0.2, 0.25) is 0 Å². The molecule has 0 aromatic heterocycles. The molecular weight excluding hydrogens is 321 g/mol. The van der Waals surface area contributed by atoms with Crippen molar-refractivity contribution in [1.82, 2.24) is 0 Å². The number of anilines is 1. The van der Waals surface area contributed by atoms with Gasteiger partial charge >= 0.3 is 0 Å². The van der Waals surface area contributed by atoms with E-state index >= 15 is 0 Å². The Morgan fingerprint density at radius 2 is 1.91 bits per heavy atom. The molecule has 0 amide bonds. The van der Waals surface area contributed by atoms with Crippen LogP contribution in [0, 0.1) is 11.2 Å². The molecule has 0 aliphatic rings. The third-order valence-corrected chi connectivity index (χ3v) is 4.84. The van der Waals surface area contributed by atoms with Crippen LogP contribution in [0.3, 0.4) is 0 Å². The summed E-state index contributed by atoms with van der Waals surface area (Å²) in [6.07, 6.45) is 0. The lowest BCUT2D eigenvalue weighted by Gasteiger charge is -2.24. The minimum absolute atomic E-state index is 0.0945. The van der Waals surface area contributed by atoms with E-state index in [0.717, 1.165) is 28.6 Å². The van der Waals surface area contributed by atoms with E-state index in [-0.39, 0.29) is 17.3 Å². The number of rotatable bonds is 6. The highest BCUT2D eigenvalue weighted by Crippen LogP contribution is 2.26. The molecule has 0 radical (unpaired) electrons.